The van der Waals surface area contributed by atoms with E-state index in [0.29, 0.717) is 5.82 Å². The summed E-state index contributed by atoms with van der Waals surface area (Å²) in [7, 11) is 1.65. The number of nitrogens with two attached hydrogens (primary N) is 1. The first-order chi connectivity index (χ1) is 8.63. The normalized spacial score (nSPS) is 11.0. The molecule has 0 saturated carbocycles. The molecule has 1 aromatic heterocycles. The van der Waals surface area contributed by atoms with Crippen LogP contribution in [0.4, 0.5) is 5.82 Å². The molecule has 1 aromatic carbocycles. The van der Waals surface area contributed by atoms with Crippen LogP contribution in [0.25, 0.3) is 0 Å². The number of rotatable bonds is 2. The third-order valence-corrected chi connectivity index (χ3v) is 2.85. The Morgan fingerprint density at radius 3 is 2.44 bits per heavy atom. The number of aryl methyl sites for hydroxylation is 1. The molecule has 3 rings (SSSR count). The zero-order chi connectivity index (χ0) is 13.1. The molecule has 94 valence electrons. The van der Waals surface area contributed by atoms with Crippen LogP contribution < -0.4 is 10.6 Å². The summed E-state index contributed by atoms with van der Waals surface area (Å²) in [5, 5.41) is 3.78. The number of halogens is 1. The summed E-state index contributed by atoms with van der Waals surface area (Å²) < 4.78 is 1.42. The molecule has 6 heteroatoms. The van der Waals surface area contributed by atoms with Gasteiger partial charge in [0.25, 0.3) is 5.91 Å². The first-order valence-corrected chi connectivity index (χ1v) is 5.76. The predicted molar refractivity (Wildman–Crippen MR) is 70.4 cm³/mol. The lowest BCUT2D eigenvalue weighted by Gasteiger charge is -1.98. The molecule has 1 aliphatic rings. The third kappa shape index (κ3) is 2.62. The molecular formula is C12H13ClN4O. The second-order valence-corrected chi connectivity index (χ2v) is 4.12. The lowest BCUT2D eigenvalue weighted by atomic mass is 10.3. The minimum atomic E-state index is -0.554. The summed E-state index contributed by atoms with van der Waals surface area (Å²) in [6.45, 7) is 0. The Labute approximate surface area is 110 Å². The smallest absolute Gasteiger partial charge is 0.254 e. The largest absolute Gasteiger partial charge is 0.365 e. The van der Waals surface area contributed by atoms with Crippen LogP contribution in [0.15, 0.2) is 30.5 Å². The van der Waals surface area contributed by atoms with Crippen LogP contribution in [0.2, 0.25) is 0 Å². The van der Waals surface area contributed by atoms with E-state index in [1.807, 2.05) is 0 Å². The molecule has 0 atom stereocenters. The summed E-state index contributed by atoms with van der Waals surface area (Å²) in [6, 6.07) is 8.53. The molecule has 0 saturated heterocycles. The number of hydrogen-bond donors (Lipinski definition) is 2. The van der Waals surface area contributed by atoms with Crippen LogP contribution in [-0.4, -0.2) is 15.7 Å². The number of carbonyl (C=O) groups excluding carboxylic acids is 1. The third-order valence-electron chi connectivity index (χ3n) is 2.67. The van der Waals surface area contributed by atoms with Crippen molar-refractivity contribution in [2.24, 2.45) is 12.8 Å². The topological polar surface area (TPSA) is 72.9 Å². The van der Waals surface area contributed by atoms with Gasteiger partial charge in [-0.1, -0.05) is 24.3 Å². The number of fused-ring (bicyclic) bond motifs is 1. The molecule has 1 aliphatic carbocycles. The highest BCUT2D eigenvalue weighted by molar-refractivity contribution is 6.24. The van der Waals surface area contributed by atoms with Crippen LogP contribution >= 0.6 is 11.8 Å². The minimum absolute atomic E-state index is 0.280. The number of anilines is 1. The molecule has 0 fully saturated rings. The second-order valence-electron chi connectivity index (χ2n) is 3.93. The van der Waals surface area contributed by atoms with E-state index in [1.54, 1.807) is 7.05 Å². The molecule has 1 heterocycles. The number of aromatic nitrogens is 2. The number of carbonyl (C=O) groups is 1. The van der Waals surface area contributed by atoms with Gasteiger partial charge in [0.05, 0.1) is 6.20 Å². The fraction of sp³-hybridized carbons (Fsp3) is 0.167. The minimum Gasteiger partial charge on any atom is -0.365 e. The van der Waals surface area contributed by atoms with Gasteiger partial charge in [0.1, 0.15) is 5.56 Å². The van der Waals surface area contributed by atoms with E-state index in [0.717, 1.165) is 0 Å². The van der Waals surface area contributed by atoms with E-state index in [-0.39, 0.29) is 5.56 Å². The highest BCUT2D eigenvalue weighted by atomic mass is 35.5. The van der Waals surface area contributed by atoms with Crippen molar-refractivity contribution in [3.05, 3.63) is 47.2 Å². The maximum absolute atomic E-state index is 10.7. The highest BCUT2D eigenvalue weighted by Gasteiger charge is 2.12. The summed E-state index contributed by atoms with van der Waals surface area (Å²) >= 11 is 5.30. The summed E-state index contributed by atoms with van der Waals surface area (Å²) in [5.74, 6) is -0.152. The van der Waals surface area contributed by atoms with Gasteiger partial charge in [0, 0.05) is 18.8 Å². The van der Waals surface area contributed by atoms with Crippen molar-refractivity contribution in [1.29, 1.82) is 0 Å². The molecular weight excluding hydrogens is 252 g/mol. The number of nitrogens with zero attached hydrogens (tertiary/aromatic N) is 2. The molecule has 18 heavy (non-hydrogen) atoms. The Bertz CT molecular complexity index is 558. The van der Waals surface area contributed by atoms with Crippen LogP contribution in [0.5, 0.6) is 0 Å². The van der Waals surface area contributed by atoms with Crippen molar-refractivity contribution in [2.75, 3.05) is 4.84 Å². The van der Waals surface area contributed by atoms with Crippen molar-refractivity contribution >= 4 is 23.5 Å². The summed E-state index contributed by atoms with van der Waals surface area (Å²) in [4.78, 5) is 13.0. The fourth-order valence-electron chi connectivity index (χ4n) is 1.57. The molecule has 3 N–H and O–H groups in total. The second kappa shape index (κ2) is 5.10. The first-order valence-electron chi connectivity index (χ1n) is 5.38. The Kier molecular flexibility index (Phi) is 3.53. The maximum Gasteiger partial charge on any atom is 0.254 e. The average molecular weight is 265 g/mol. The lowest BCUT2D eigenvalue weighted by molar-refractivity contribution is 0.100. The molecule has 5 nitrogen and oxygen atoms in total. The molecule has 0 spiro atoms. The van der Waals surface area contributed by atoms with Gasteiger partial charge in [-0.2, -0.15) is 5.10 Å². The van der Waals surface area contributed by atoms with Gasteiger partial charge in [0.2, 0.25) is 0 Å². The van der Waals surface area contributed by atoms with Crippen molar-refractivity contribution in [3.63, 3.8) is 0 Å². The Balaban J connectivity index is 0.000000146. The lowest BCUT2D eigenvalue weighted by Crippen LogP contribution is -2.12. The Morgan fingerprint density at radius 2 is 2.06 bits per heavy atom. The predicted octanol–water partition coefficient (Wildman–Crippen LogP) is 1.68. The number of amides is 1. The van der Waals surface area contributed by atoms with Gasteiger partial charge in [-0.05, 0) is 17.5 Å². The van der Waals surface area contributed by atoms with Gasteiger partial charge in [-0.3, -0.25) is 14.3 Å². The quantitative estimate of drug-likeness (QED) is 0.692. The summed E-state index contributed by atoms with van der Waals surface area (Å²) in [6.07, 6.45) is 2.60. The van der Waals surface area contributed by atoms with E-state index >= 15 is 0 Å². The number of nitrogens with one attached hydrogen (secondary N) is 1. The van der Waals surface area contributed by atoms with Gasteiger partial charge in [-0.25, -0.2) is 0 Å². The fourth-order valence-corrected chi connectivity index (χ4v) is 1.79. The van der Waals surface area contributed by atoms with Crippen molar-refractivity contribution in [1.82, 2.24) is 9.78 Å². The molecule has 2 aromatic rings. The molecule has 1 amide bonds. The van der Waals surface area contributed by atoms with E-state index < -0.39 is 5.91 Å². The van der Waals surface area contributed by atoms with Crippen LogP contribution in [-0.2, 0) is 13.5 Å². The van der Waals surface area contributed by atoms with Gasteiger partial charge >= 0.3 is 0 Å². The molecule has 0 unspecified atom stereocenters. The van der Waals surface area contributed by atoms with Crippen LogP contribution in [0.1, 0.15) is 21.5 Å². The molecule has 0 radical (unpaired) electrons. The first kappa shape index (κ1) is 12.4. The van der Waals surface area contributed by atoms with E-state index in [4.69, 9.17) is 17.5 Å². The van der Waals surface area contributed by atoms with Crippen LogP contribution in [0, 0.1) is 0 Å². The molecule has 0 bridgehead atoms. The Morgan fingerprint density at radius 1 is 1.44 bits per heavy atom. The van der Waals surface area contributed by atoms with Gasteiger partial charge < -0.3 is 5.73 Å². The highest BCUT2D eigenvalue weighted by Crippen LogP contribution is 2.25. The standard InChI is InChI=1S/C7H6.C5H7ClN4O/c1-2-4-7-5-6(7)3-1;1-10-5(9-6)3(2-8-10)4(7)11/h1-4H,5H2;2,9H,1H3,(H2,7,11). The SMILES string of the molecule is Cn1ncc(C(N)=O)c1NCl.c1ccc2c(c1)C2. The van der Waals surface area contributed by atoms with E-state index in [9.17, 15) is 4.79 Å². The Hall–Kier alpha value is -2.01. The van der Waals surface area contributed by atoms with Crippen molar-refractivity contribution in [3.8, 4) is 0 Å². The monoisotopic (exact) mass is 264 g/mol. The van der Waals surface area contributed by atoms with Crippen molar-refractivity contribution in [2.45, 2.75) is 6.42 Å². The zero-order valence-electron chi connectivity index (χ0n) is 9.85. The number of benzene rings is 1. The van der Waals surface area contributed by atoms with Gasteiger partial charge in [-0.15, -0.1) is 0 Å². The number of primary amides is 1. The van der Waals surface area contributed by atoms with Gasteiger partial charge in [0.15, 0.2) is 5.82 Å². The van der Waals surface area contributed by atoms with Crippen LogP contribution in [0.3, 0.4) is 0 Å². The zero-order valence-corrected chi connectivity index (χ0v) is 10.6. The van der Waals surface area contributed by atoms with Crippen molar-refractivity contribution < 1.29 is 4.79 Å². The summed E-state index contributed by atoms with van der Waals surface area (Å²) in [5.41, 5.74) is 8.35. The van der Waals surface area contributed by atoms with E-state index in [2.05, 4.69) is 34.2 Å². The number of hydrogen-bond acceptors (Lipinski definition) is 3. The maximum atomic E-state index is 10.7. The average Bonchev–Trinajstić information content (AvgIpc) is 3.05. The van der Waals surface area contributed by atoms with E-state index in [1.165, 1.54) is 28.4 Å². The molecule has 0 aliphatic heterocycles.